The first-order valence-corrected chi connectivity index (χ1v) is 25.3. The van der Waals surface area contributed by atoms with Crippen molar-refractivity contribution in [3.8, 4) is 0 Å². The Morgan fingerprint density at radius 2 is 0.316 bits per heavy atom. The van der Waals surface area contributed by atoms with E-state index in [1.165, 1.54) is 6.66 Å². The van der Waals surface area contributed by atoms with Gasteiger partial charge in [-0.1, -0.05) is 0 Å². The number of rotatable bonds is 12. The molecular formula is C38H4F74NP. The molecule has 7 unspecified atom stereocenters. The third kappa shape index (κ3) is 10.6. The average Bonchev–Trinajstić information content (AvgIpc) is 0.617. The van der Waals surface area contributed by atoms with Gasteiger partial charge in [0.15, 0.2) is 0 Å². The summed E-state index contributed by atoms with van der Waals surface area (Å²) in [6, 6.07) is -31.4. The smallest absolute Gasteiger partial charge is 0.231 e. The Bertz CT molecular complexity index is 3360. The Balaban J connectivity index is 0.000000872. The normalized spacial score (nSPS) is 31.8. The summed E-state index contributed by atoms with van der Waals surface area (Å²) in [5.74, 6) is -209. The van der Waals surface area contributed by atoms with E-state index in [1.54, 1.807) is 0 Å². The predicted octanol–water partition coefficient (Wildman–Crippen LogP) is 23.9. The highest BCUT2D eigenvalue weighted by atomic mass is 31.1. The number of alkyl halides is 73. The van der Waals surface area contributed by atoms with Crippen molar-refractivity contribution < 1.29 is 325 Å². The van der Waals surface area contributed by atoms with E-state index in [-0.39, 0.29) is 0 Å². The van der Waals surface area contributed by atoms with Crippen LogP contribution in [0.4, 0.5) is 325 Å². The van der Waals surface area contributed by atoms with Gasteiger partial charge in [-0.3, -0.25) is 0 Å². The standard InChI is InChI=1S/C15F33N.2C11F20.CH4FP/c16-1(17,4(22,23)10(34,35)36)7(28,29)13(43,44)49(14(45,46)8(30,31)2(18,19)5(24,25)11(37,38)39)15(47,48)9(32,33)3(20,21)6(26,27)12(40,41)42;12-1-2(13,7(21,22)10(27,28)9(25,26)6(1,19)20)5(17,18)8(23,24)3(14,4(1,15)16)11(29,30)31;12-1-2(13,6(19,20)10(27,28)9(25,26)4(1,15)16)5(17,18)8(23,24)7(21,22)3(1,14)11(29,30)31;1-3-2/h;;;3H,1H3/i;;;3D. The van der Waals surface area contributed by atoms with E-state index in [0.717, 1.165) is 0 Å². The van der Waals surface area contributed by atoms with Crippen LogP contribution in [0.25, 0.3) is 0 Å². The molecule has 76 heteroatoms. The molecular weight excluding hydrogens is 1910 g/mol. The van der Waals surface area contributed by atoms with Gasteiger partial charge in [0.05, 0.1) is 10.1 Å². The van der Waals surface area contributed by atoms with Crippen molar-refractivity contribution in [1.82, 2.24) is 4.90 Å². The van der Waals surface area contributed by atoms with Crippen molar-refractivity contribution in [3.05, 3.63) is 0 Å². The van der Waals surface area contributed by atoms with Gasteiger partial charge in [0, 0.05) is 0 Å². The maximum atomic E-state index is 14.6. The summed E-state index contributed by atoms with van der Waals surface area (Å²) in [7, 11) is -1.87. The number of hydrogen-bond donors (Lipinski definition) is 0. The first-order chi connectivity index (χ1) is 48.1. The van der Waals surface area contributed by atoms with Crippen LogP contribution in [0.1, 0.15) is 0 Å². The molecule has 0 amide bonds. The molecule has 4 saturated carbocycles. The second-order valence-electron chi connectivity index (χ2n) is 21.8. The highest BCUT2D eigenvalue weighted by Gasteiger charge is 3.19. The Labute approximate surface area is 567 Å². The van der Waals surface area contributed by atoms with E-state index in [1.807, 2.05) is 0 Å². The van der Waals surface area contributed by atoms with Gasteiger partial charge in [-0.15, -0.1) is 4.90 Å². The third-order valence-electron chi connectivity index (χ3n) is 15.5. The lowest BCUT2D eigenvalue weighted by Gasteiger charge is -2.65. The Morgan fingerprint density at radius 3 is 0.482 bits per heavy atom. The average molecular weight is 1910 g/mol. The van der Waals surface area contributed by atoms with E-state index >= 15 is 0 Å². The minimum Gasteiger partial charge on any atom is -0.231 e. The molecule has 0 bridgehead atoms. The molecule has 0 aromatic rings. The first kappa shape index (κ1) is 105. The molecule has 4 fully saturated rings. The van der Waals surface area contributed by atoms with Crippen molar-refractivity contribution in [2.75, 3.05) is 6.66 Å². The molecule has 684 valence electrons. The van der Waals surface area contributed by atoms with Crippen LogP contribution in [0, 0.1) is 0 Å². The van der Waals surface area contributed by atoms with Gasteiger partial charge in [-0.05, 0) is 6.66 Å². The van der Waals surface area contributed by atoms with Gasteiger partial charge in [0.2, 0.25) is 0 Å². The molecule has 0 N–H and O–H groups in total. The van der Waals surface area contributed by atoms with Crippen LogP contribution < -0.4 is 0 Å². The van der Waals surface area contributed by atoms with Crippen molar-refractivity contribution in [2.45, 2.75) is 219 Å². The first-order valence-electron chi connectivity index (χ1n) is 24.5. The SMILES string of the molecule is FC(F)(F)C(F)(F)C(F)(F)C(F)(F)C(F)(F)N(C(F)(F)C(F)(F)C(F)(F)C(F)(F)C(F)(F)F)C(F)(F)C(F)(F)C(F)(F)C(F)(F)C(F)(F)F.FC(F)(F)C1(F)C(F)(F)C(F)(F)C(F)(F)C2(F)C(F)(F)C(F)(F)C(F)(F)C(F)(F)C12F.FC(F)(F)C1(F)C(F)(F)C(F)(F)C2(F)C(F)(F)C(F)(F)C(F)(F)C(F)(F)C2(F)C1(F)F.[2H]P(C)F. The molecule has 0 aromatic carbocycles. The summed E-state index contributed by atoms with van der Waals surface area (Å²) >= 11 is 0. The molecule has 0 saturated heterocycles. The van der Waals surface area contributed by atoms with Crippen LogP contribution in [-0.2, 0) is 0 Å². The zero-order valence-corrected chi connectivity index (χ0v) is 49.3. The Hall–Kier alpha value is -4.79. The van der Waals surface area contributed by atoms with Crippen molar-refractivity contribution >= 4 is 8.84 Å². The molecule has 0 spiro atoms. The van der Waals surface area contributed by atoms with E-state index in [4.69, 9.17) is 1.28 Å². The minimum atomic E-state index is -10.5. The van der Waals surface area contributed by atoms with E-state index in [9.17, 15) is 325 Å². The summed E-state index contributed by atoms with van der Waals surface area (Å²) in [6.07, 6.45) is -42.8. The lowest BCUT2D eigenvalue weighted by Crippen LogP contribution is -3.00. The maximum Gasteiger partial charge on any atom is 0.460 e. The number of fused-ring (bicyclic) bond motifs is 2. The van der Waals surface area contributed by atoms with Crippen LogP contribution in [0.2, 0.25) is 0 Å². The monoisotopic (exact) mass is 1910 g/mol. The topological polar surface area (TPSA) is 3.24 Å². The maximum absolute atomic E-state index is 14.6. The fraction of sp³-hybridized carbons (Fsp3) is 1.00. The van der Waals surface area contributed by atoms with Crippen molar-refractivity contribution in [1.29, 1.82) is 1.28 Å². The Kier molecular flexibility index (Phi) is 23.5. The van der Waals surface area contributed by atoms with Gasteiger partial charge in [0.25, 0.3) is 22.7 Å². The van der Waals surface area contributed by atoms with Gasteiger partial charge in [-0.25, -0.2) is 30.5 Å². The van der Waals surface area contributed by atoms with Crippen LogP contribution >= 0.6 is 8.84 Å². The van der Waals surface area contributed by atoms with Crippen LogP contribution in [0.15, 0.2) is 0 Å². The van der Waals surface area contributed by atoms with E-state index in [2.05, 4.69) is 0 Å². The fourth-order valence-electron chi connectivity index (χ4n) is 9.30. The largest absolute Gasteiger partial charge is 0.460 e. The van der Waals surface area contributed by atoms with Crippen molar-refractivity contribution in [2.24, 2.45) is 0 Å². The quantitative estimate of drug-likeness (QED) is 0.107. The van der Waals surface area contributed by atoms with Crippen molar-refractivity contribution in [3.63, 3.8) is 0 Å². The highest BCUT2D eigenvalue weighted by Crippen LogP contribution is 2.85. The zero-order valence-electron chi connectivity index (χ0n) is 49.4. The Morgan fingerprint density at radius 1 is 0.184 bits per heavy atom. The summed E-state index contributed by atoms with van der Waals surface area (Å²) in [4.78, 5) is -6.69. The van der Waals surface area contributed by atoms with Crippen LogP contribution in [0.3, 0.4) is 0 Å². The highest BCUT2D eigenvalue weighted by molar-refractivity contribution is 7.30. The minimum absolute atomic E-state index is 1.23. The van der Waals surface area contributed by atoms with Crippen LogP contribution in [-0.4, -0.2) is 232 Å². The molecule has 4 rings (SSSR count). The van der Waals surface area contributed by atoms with Gasteiger partial charge in [-0.2, -0.15) is 294 Å². The second kappa shape index (κ2) is 25.4. The van der Waals surface area contributed by atoms with E-state index < -0.39 is 233 Å². The molecule has 0 radical (unpaired) electrons. The zero-order chi connectivity index (χ0) is 95.7. The molecule has 0 aromatic heterocycles. The molecule has 1 nitrogen and oxygen atoms in total. The lowest BCUT2D eigenvalue weighted by atomic mass is 9.50. The molecule has 114 heavy (non-hydrogen) atoms. The second-order valence-corrected chi connectivity index (χ2v) is 22.1. The van der Waals surface area contributed by atoms with Crippen LogP contribution in [0.5, 0.6) is 0 Å². The molecule has 7 atom stereocenters. The van der Waals surface area contributed by atoms with Gasteiger partial charge in [0.1, 0.15) is 0 Å². The van der Waals surface area contributed by atoms with Gasteiger partial charge < -0.3 is 0 Å². The fourth-order valence-corrected chi connectivity index (χ4v) is 9.30. The van der Waals surface area contributed by atoms with E-state index in [0.29, 0.717) is 0 Å². The summed E-state index contributed by atoms with van der Waals surface area (Å²) in [5.41, 5.74) is -54.0. The summed E-state index contributed by atoms with van der Waals surface area (Å²) < 4.78 is 993. The predicted molar refractivity (Wildman–Crippen MR) is 199 cm³/mol. The number of halogens is 74. The number of hydrogen-bond acceptors (Lipinski definition) is 1. The molecule has 0 aliphatic heterocycles. The summed E-state index contributed by atoms with van der Waals surface area (Å²) in [5, 5.41) is 0. The summed E-state index contributed by atoms with van der Waals surface area (Å²) in [6.45, 7) is 1.23. The number of nitrogens with zero attached hydrogens (tertiary/aromatic N) is 1. The molecule has 4 aliphatic rings. The molecule has 0 heterocycles. The lowest BCUT2D eigenvalue weighted by molar-refractivity contribution is -0.564. The van der Waals surface area contributed by atoms with Gasteiger partial charge >= 0.3 is 197 Å². The third-order valence-corrected chi connectivity index (χ3v) is 15.5. The molecule has 4 aliphatic carbocycles.